The van der Waals surface area contributed by atoms with E-state index < -0.39 is 6.09 Å². The van der Waals surface area contributed by atoms with E-state index in [2.05, 4.69) is 5.32 Å². The predicted molar refractivity (Wildman–Crippen MR) is 56.9 cm³/mol. The molecule has 0 aromatic rings. The van der Waals surface area contributed by atoms with Gasteiger partial charge in [0.2, 0.25) is 0 Å². The topological polar surface area (TPSA) is 56.8 Å². The average molecular weight is 219 g/mol. The van der Waals surface area contributed by atoms with Gasteiger partial charge in [-0.1, -0.05) is 6.92 Å². The molecule has 1 atom stereocenters. The fraction of sp³-hybridized carbons (Fsp3) is 0.900. The Kier molecular flexibility index (Phi) is 9.21. The summed E-state index contributed by atoms with van der Waals surface area (Å²) in [4.78, 5) is 11.0. The number of hydrogen-bond donors (Lipinski definition) is 1. The van der Waals surface area contributed by atoms with Gasteiger partial charge in [-0.25, -0.2) is 4.79 Å². The molecule has 1 amide bonds. The summed E-state index contributed by atoms with van der Waals surface area (Å²) in [6, 6.07) is 0. The number of hydrogen-bond acceptors (Lipinski definition) is 4. The Morgan fingerprint density at radius 1 is 1.33 bits per heavy atom. The molecule has 0 fully saturated rings. The third-order valence-electron chi connectivity index (χ3n) is 1.63. The summed E-state index contributed by atoms with van der Waals surface area (Å²) in [5, 5.41) is 2.54. The highest BCUT2D eigenvalue weighted by atomic mass is 16.6. The van der Waals surface area contributed by atoms with Crippen molar-refractivity contribution < 1.29 is 19.0 Å². The van der Waals surface area contributed by atoms with Crippen LogP contribution in [0.3, 0.4) is 0 Å². The van der Waals surface area contributed by atoms with E-state index in [0.29, 0.717) is 19.8 Å². The van der Waals surface area contributed by atoms with E-state index in [1.807, 2.05) is 13.8 Å². The number of ether oxygens (including phenoxy) is 3. The molecule has 0 spiro atoms. The summed E-state index contributed by atoms with van der Waals surface area (Å²) in [6.45, 7) is 5.71. The van der Waals surface area contributed by atoms with Crippen molar-refractivity contribution in [1.82, 2.24) is 5.32 Å². The lowest BCUT2D eigenvalue weighted by molar-refractivity contribution is -0.0345. The molecule has 5 heteroatoms. The van der Waals surface area contributed by atoms with E-state index in [9.17, 15) is 4.79 Å². The van der Waals surface area contributed by atoms with Gasteiger partial charge in [0, 0.05) is 20.3 Å². The van der Waals surface area contributed by atoms with Crippen molar-refractivity contribution in [2.24, 2.45) is 0 Å². The zero-order valence-electron chi connectivity index (χ0n) is 9.75. The Labute approximate surface area is 91.1 Å². The number of carbonyl (C=O) groups excluding carboxylic acids is 1. The van der Waals surface area contributed by atoms with Crippen LogP contribution in [0, 0.1) is 0 Å². The second-order valence-electron chi connectivity index (χ2n) is 3.08. The molecule has 0 aromatic heterocycles. The minimum absolute atomic E-state index is 0.183. The maximum atomic E-state index is 11.0. The van der Waals surface area contributed by atoms with Gasteiger partial charge in [-0.05, 0) is 13.3 Å². The summed E-state index contributed by atoms with van der Waals surface area (Å²) in [6.07, 6.45) is 0.331. The lowest BCUT2D eigenvalue weighted by Gasteiger charge is -2.16. The van der Waals surface area contributed by atoms with Crippen LogP contribution in [0.1, 0.15) is 20.3 Å². The van der Waals surface area contributed by atoms with Crippen molar-refractivity contribution >= 4 is 6.09 Å². The number of amides is 1. The van der Waals surface area contributed by atoms with Crippen molar-refractivity contribution in [1.29, 1.82) is 0 Å². The van der Waals surface area contributed by atoms with E-state index in [4.69, 9.17) is 14.2 Å². The van der Waals surface area contributed by atoms with Crippen molar-refractivity contribution in [2.75, 3.05) is 33.5 Å². The first-order valence-corrected chi connectivity index (χ1v) is 5.25. The van der Waals surface area contributed by atoms with E-state index in [0.717, 1.165) is 6.42 Å². The van der Waals surface area contributed by atoms with Gasteiger partial charge in [0.25, 0.3) is 0 Å². The quantitative estimate of drug-likeness (QED) is 0.666. The smallest absolute Gasteiger partial charge is 0.407 e. The van der Waals surface area contributed by atoms with E-state index >= 15 is 0 Å². The predicted octanol–water partition coefficient (Wildman–Crippen LogP) is 1.17. The molecule has 15 heavy (non-hydrogen) atoms. The number of nitrogens with one attached hydrogen (secondary N) is 1. The molecule has 1 unspecified atom stereocenters. The molecule has 0 saturated carbocycles. The minimum Gasteiger partial charge on any atom is -0.447 e. The fourth-order valence-corrected chi connectivity index (χ4v) is 0.979. The van der Waals surface area contributed by atoms with Crippen molar-refractivity contribution in [3.63, 3.8) is 0 Å². The molecular weight excluding hydrogens is 198 g/mol. The van der Waals surface area contributed by atoms with Gasteiger partial charge < -0.3 is 19.5 Å². The first-order chi connectivity index (χ1) is 7.24. The number of carbonyl (C=O) groups is 1. The molecule has 0 aliphatic carbocycles. The lowest BCUT2D eigenvalue weighted by atomic mass is 10.4. The molecule has 5 nitrogen and oxygen atoms in total. The molecule has 0 heterocycles. The third-order valence-corrected chi connectivity index (χ3v) is 1.63. The Balaban J connectivity index is 3.68. The SMILES string of the molecule is CCCOC(COC)COC(=O)NCC. The Morgan fingerprint density at radius 2 is 2.07 bits per heavy atom. The minimum atomic E-state index is -0.418. The van der Waals surface area contributed by atoms with Crippen LogP contribution in [-0.4, -0.2) is 45.7 Å². The lowest BCUT2D eigenvalue weighted by Crippen LogP contribution is -2.31. The maximum absolute atomic E-state index is 11.0. The summed E-state index contributed by atoms with van der Waals surface area (Å²) in [7, 11) is 1.59. The number of methoxy groups -OCH3 is 1. The molecule has 0 rings (SSSR count). The van der Waals surface area contributed by atoms with Gasteiger partial charge in [-0.15, -0.1) is 0 Å². The highest BCUT2D eigenvalue weighted by Gasteiger charge is 2.11. The Bertz CT molecular complexity index is 164. The Morgan fingerprint density at radius 3 is 2.60 bits per heavy atom. The first kappa shape index (κ1) is 14.2. The summed E-state index contributed by atoms with van der Waals surface area (Å²) < 4.78 is 15.3. The standard InChI is InChI=1S/C10H21NO4/c1-4-6-14-9(7-13-3)8-15-10(12)11-5-2/h9H,4-8H2,1-3H3,(H,11,12). The fourth-order valence-electron chi connectivity index (χ4n) is 0.979. The van der Waals surface area contributed by atoms with E-state index in [-0.39, 0.29) is 12.7 Å². The summed E-state index contributed by atoms with van der Waals surface area (Å²) in [5.74, 6) is 0. The zero-order valence-corrected chi connectivity index (χ0v) is 9.75. The van der Waals surface area contributed by atoms with E-state index in [1.165, 1.54) is 0 Å². The summed E-state index contributed by atoms with van der Waals surface area (Å²) >= 11 is 0. The van der Waals surface area contributed by atoms with Gasteiger partial charge in [-0.2, -0.15) is 0 Å². The second kappa shape index (κ2) is 9.73. The van der Waals surface area contributed by atoms with Crippen LogP contribution >= 0.6 is 0 Å². The summed E-state index contributed by atoms with van der Waals surface area (Å²) in [5.41, 5.74) is 0. The number of rotatable bonds is 8. The monoisotopic (exact) mass is 219 g/mol. The highest BCUT2D eigenvalue weighted by molar-refractivity contribution is 5.66. The van der Waals surface area contributed by atoms with Crippen molar-refractivity contribution in [2.45, 2.75) is 26.4 Å². The van der Waals surface area contributed by atoms with Crippen LogP contribution in [-0.2, 0) is 14.2 Å². The van der Waals surface area contributed by atoms with Gasteiger partial charge in [0.1, 0.15) is 12.7 Å². The van der Waals surface area contributed by atoms with Crippen molar-refractivity contribution in [3.8, 4) is 0 Å². The van der Waals surface area contributed by atoms with Gasteiger partial charge in [-0.3, -0.25) is 0 Å². The largest absolute Gasteiger partial charge is 0.447 e. The molecule has 0 saturated heterocycles. The van der Waals surface area contributed by atoms with Crippen molar-refractivity contribution in [3.05, 3.63) is 0 Å². The van der Waals surface area contributed by atoms with Crippen LogP contribution in [0.5, 0.6) is 0 Å². The highest BCUT2D eigenvalue weighted by Crippen LogP contribution is 1.96. The molecule has 0 radical (unpaired) electrons. The van der Waals surface area contributed by atoms with Gasteiger partial charge in [0.15, 0.2) is 0 Å². The maximum Gasteiger partial charge on any atom is 0.407 e. The normalized spacial score (nSPS) is 12.2. The van der Waals surface area contributed by atoms with Crippen LogP contribution in [0.25, 0.3) is 0 Å². The molecule has 0 bridgehead atoms. The first-order valence-electron chi connectivity index (χ1n) is 5.25. The number of alkyl carbamates (subject to hydrolysis) is 1. The molecule has 90 valence electrons. The zero-order chi connectivity index (χ0) is 11.5. The second-order valence-corrected chi connectivity index (χ2v) is 3.08. The van der Waals surface area contributed by atoms with Crippen LogP contribution < -0.4 is 5.32 Å². The molecule has 1 N–H and O–H groups in total. The van der Waals surface area contributed by atoms with Gasteiger partial charge in [0.05, 0.1) is 6.61 Å². The average Bonchev–Trinajstić information content (AvgIpc) is 2.22. The van der Waals surface area contributed by atoms with Crippen LogP contribution in [0.2, 0.25) is 0 Å². The van der Waals surface area contributed by atoms with Gasteiger partial charge >= 0.3 is 6.09 Å². The van der Waals surface area contributed by atoms with Crippen LogP contribution in [0.15, 0.2) is 0 Å². The van der Waals surface area contributed by atoms with Crippen LogP contribution in [0.4, 0.5) is 4.79 Å². The third kappa shape index (κ3) is 8.20. The molecule has 0 aromatic carbocycles. The molecule has 0 aliphatic heterocycles. The molecule has 0 aliphatic rings. The Hall–Kier alpha value is -0.810. The van der Waals surface area contributed by atoms with E-state index in [1.54, 1.807) is 7.11 Å². The molecular formula is C10H21NO4.